The summed E-state index contributed by atoms with van der Waals surface area (Å²) in [6.07, 6.45) is 1.28. The highest BCUT2D eigenvalue weighted by atomic mass is 35.5. The van der Waals surface area contributed by atoms with Crippen LogP contribution in [-0.4, -0.2) is 24.4 Å². The van der Waals surface area contributed by atoms with Crippen LogP contribution in [-0.2, 0) is 16.0 Å². The highest BCUT2D eigenvalue weighted by molar-refractivity contribution is 5.87. The summed E-state index contributed by atoms with van der Waals surface area (Å²) in [6.45, 7) is 3.56. The quantitative estimate of drug-likeness (QED) is 0.756. The molecule has 0 bridgehead atoms. The molecule has 4 N–H and O–H groups in total. The number of carbonyl (C=O) groups excluding carboxylic acids is 2. The van der Waals surface area contributed by atoms with Crippen LogP contribution < -0.4 is 16.4 Å². The van der Waals surface area contributed by atoms with Crippen molar-refractivity contribution < 1.29 is 14.0 Å². The fourth-order valence-corrected chi connectivity index (χ4v) is 2.59. The summed E-state index contributed by atoms with van der Waals surface area (Å²) < 4.78 is 13.6. The van der Waals surface area contributed by atoms with Gasteiger partial charge in [0.1, 0.15) is 5.82 Å². The molecule has 1 aliphatic rings. The third-order valence-electron chi connectivity index (χ3n) is 3.99. The molecule has 0 aliphatic heterocycles. The lowest BCUT2D eigenvalue weighted by Gasteiger charge is -2.17. The highest BCUT2D eigenvalue weighted by Gasteiger charge is 2.26. The second-order valence-electron chi connectivity index (χ2n) is 5.95. The average Bonchev–Trinajstić information content (AvgIpc) is 2.88. The predicted octanol–water partition coefficient (Wildman–Crippen LogP) is 1.45. The minimum absolute atomic E-state index is 0. The number of nitrogens with two attached hydrogens (primary N) is 1. The fourth-order valence-electron chi connectivity index (χ4n) is 2.59. The lowest BCUT2D eigenvalue weighted by atomic mass is 10.1. The van der Waals surface area contributed by atoms with Gasteiger partial charge in [0, 0.05) is 0 Å². The molecule has 2 rings (SSSR count). The van der Waals surface area contributed by atoms with Crippen molar-refractivity contribution in [3.63, 3.8) is 0 Å². The SMILES string of the molecule is CC(C)[C@H](N)C(=O)NCC(=O)NC1CCc2c(F)cccc21.Cl. The summed E-state index contributed by atoms with van der Waals surface area (Å²) in [5.41, 5.74) is 7.19. The molecule has 1 aliphatic carbocycles. The first-order chi connectivity index (χ1) is 10.4. The number of carbonyl (C=O) groups is 2. The second-order valence-corrected chi connectivity index (χ2v) is 5.95. The molecule has 0 saturated carbocycles. The molecule has 2 amide bonds. The van der Waals surface area contributed by atoms with Gasteiger partial charge in [0.25, 0.3) is 0 Å². The van der Waals surface area contributed by atoms with Gasteiger partial charge in [-0.1, -0.05) is 26.0 Å². The van der Waals surface area contributed by atoms with Gasteiger partial charge < -0.3 is 16.4 Å². The number of hydrogen-bond donors (Lipinski definition) is 3. The predicted molar refractivity (Wildman–Crippen MR) is 88.7 cm³/mol. The Morgan fingerprint density at radius 3 is 2.74 bits per heavy atom. The van der Waals surface area contributed by atoms with Crippen molar-refractivity contribution in [3.8, 4) is 0 Å². The van der Waals surface area contributed by atoms with E-state index in [-0.39, 0.29) is 48.5 Å². The molecule has 7 heteroatoms. The summed E-state index contributed by atoms with van der Waals surface area (Å²) >= 11 is 0. The Kier molecular flexibility index (Phi) is 6.97. The van der Waals surface area contributed by atoms with Gasteiger partial charge in [-0.25, -0.2) is 4.39 Å². The highest BCUT2D eigenvalue weighted by Crippen LogP contribution is 2.32. The number of nitrogens with one attached hydrogen (secondary N) is 2. The van der Waals surface area contributed by atoms with E-state index < -0.39 is 6.04 Å². The number of hydrogen-bond acceptors (Lipinski definition) is 3. The molecule has 1 aromatic carbocycles. The van der Waals surface area contributed by atoms with Crippen LogP contribution in [0.25, 0.3) is 0 Å². The maximum atomic E-state index is 13.6. The van der Waals surface area contributed by atoms with Crippen molar-refractivity contribution in [2.75, 3.05) is 6.54 Å². The standard InChI is InChI=1S/C16H22FN3O2.ClH/c1-9(2)15(18)16(22)19-8-14(21)20-13-7-6-10-11(13)4-3-5-12(10)17;/h3-5,9,13,15H,6-8,18H2,1-2H3,(H,19,22)(H,20,21);1H/t13?,15-;/m0./s1. The maximum Gasteiger partial charge on any atom is 0.239 e. The van der Waals surface area contributed by atoms with E-state index in [9.17, 15) is 14.0 Å². The van der Waals surface area contributed by atoms with Gasteiger partial charge in [0.2, 0.25) is 11.8 Å². The van der Waals surface area contributed by atoms with Crippen molar-refractivity contribution in [1.82, 2.24) is 10.6 Å². The minimum atomic E-state index is -0.630. The lowest BCUT2D eigenvalue weighted by molar-refractivity contribution is -0.127. The van der Waals surface area contributed by atoms with Crippen LogP contribution in [0.4, 0.5) is 4.39 Å². The summed E-state index contributed by atoms with van der Waals surface area (Å²) in [5.74, 6) is -0.868. The molecule has 128 valence electrons. The molecule has 0 aromatic heterocycles. The van der Waals surface area contributed by atoms with Crippen LogP contribution in [0, 0.1) is 11.7 Å². The molecule has 1 unspecified atom stereocenters. The van der Waals surface area contributed by atoms with Crippen LogP contribution in [0.2, 0.25) is 0 Å². The van der Waals surface area contributed by atoms with E-state index in [2.05, 4.69) is 10.6 Å². The van der Waals surface area contributed by atoms with Gasteiger partial charge >= 0.3 is 0 Å². The van der Waals surface area contributed by atoms with Crippen LogP contribution in [0.3, 0.4) is 0 Å². The maximum absolute atomic E-state index is 13.6. The van der Waals surface area contributed by atoms with E-state index in [4.69, 9.17) is 5.73 Å². The minimum Gasteiger partial charge on any atom is -0.348 e. The molecule has 0 heterocycles. The largest absolute Gasteiger partial charge is 0.348 e. The topological polar surface area (TPSA) is 84.2 Å². The van der Waals surface area contributed by atoms with Gasteiger partial charge in [-0.05, 0) is 36.0 Å². The Morgan fingerprint density at radius 2 is 2.09 bits per heavy atom. The molecule has 2 atom stereocenters. The monoisotopic (exact) mass is 343 g/mol. The van der Waals surface area contributed by atoms with Crippen molar-refractivity contribution in [1.29, 1.82) is 0 Å². The first-order valence-electron chi connectivity index (χ1n) is 7.50. The fraction of sp³-hybridized carbons (Fsp3) is 0.500. The third-order valence-corrected chi connectivity index (χ3v) is 3.99. The number of fused-ring (bicyclic) bond motifs is 1. The zero-order chi connectivity index (χ0) is 16.3. The Bertz CT molecular complexity index is 580. The van der Waals surface area contributed by atoms with E-state index in [1.165, 1.54) is 6.07 Å². The Morgan fingerprint density at radius 1 is 1.39 bits per heavy atom. The molecule has 0 radical (unpaired) electrons. The van der Waals surface area contributed by atoms with E-state index in [1.807, 2.05) is 19.9 Å². The summed E-state index contributed by atoms with van der Waals surface area (Å²) in [6, 6.07) is 4.06. The Balaban J connectivity index is 0.00000264. The first kappa shape index (κ1) is 19.4. The molecule has 5 nitrogen and oxygen atoms in total. The van der Waals surface area contributed by atoms with E-state index >= 15 is 0 Å². The molecule has 23 heavy (non-hydrogen) atoms. The van der Waals surface area contributed by atoms with Crippen molar-refractivity contribution >= 4 is 24.2 Å². The zero-order valence-electron chi connectivity index (χ0n) is 13.3. The molecule has 0 spiro atoms. The molecular formula is C16H23ClFN3O2. The average molecular weight is 344 g/mol. The van der Waals surface area contributed by atoms with Crippen molar-refractivity contribution in [3.05, 3.63) is 35.1 Å². The first-order valence-corrected chi connectivity index (χ1v) is 7.50. The summed E-state index contributed by atoms with van der Waals surface area (Å²) in [5, 5.41) is 5.35. The van der Waals surface area contributed by atoms with Gasteiger partial charge in [-0.3, -0.25) is 9.59 Å². The van der Waals surface area contributed by atoms with Gasteiger partial charge in [0.15, 0.2) is 0 Å². The third kappa shape index (κ3) is 4.65. The summed E-state index contributed by atoms with van der Waals surface area (Å²) in [4.78, 5) is 23.6. The number of halogens is 2. The van der Waals surface area contributed by atoms with Crippen molar-refractivity contribution in [2.45, 2.75) is 38.8 Å². The number of amides is 2. The second kappa shape index (κ2) is 8.26. The van der Waals surface area contributed by atoms with E-state index in [0.29, 0.717) is 18.4 Å². The zero-order valence-corrected chi connectivity index (χ0v) is 14.1. The number of benzene rings is 1. The molecule has 0 fully saturated rings. The van der Waals surface area contributed by atoms with Crippen LogP contribution >= 0.6 is 12.4 Å². The summed E-state index contributed by atoms with van der Waals surface area (Å²) in [7, 11) is 0. The van der Waals surface area contributed by atoms with Gasteiger partial charge in [0.05, 0.1) is 18.6 Å². The van der Waals surface area contributed by atoms with Crippen molar-refractivity contribution in [2.24, 2.45) is 11.7 Å². The van der Waals surface area contributed by atoms with Crippen LogP contribution in [0.5, 0.6) is 0 Å². The number of rotatable bonds is 5. The van der Waals surface area contributed by atoms with Gasteiger partial charge in [-0.2, -0.15) is 0 Å². The molecule has 1 aromatic rings. The molecular weight excluding hydrogens is 321 g/mol. The Labute approximate surface area is 141 Å². The molecule has 0 saturated heterocycles. The van der Waals surface area contributed by atoms with E-state index in [1.54, 1.807) is 6.07 Å². The van der Waals surface area contributed by atoms with Gasteiger partial charge in [-0.15, -0.1) is 12.4 Å². The normalized spacial score (nSPS) is 17.2. The van der Waals surface area contributed by atoms with Crippen LogP contribution in [0.15, 0.2) is 18.2 Å². The lowest BCUT2D eigenvalue weighted by Crippen LogP contribution is -2.47. The smallest absolute Gasteiger partial charge is 0.239 e. The Hall–Kier alpha value is -1.66. The van der Waals surface area contributed by atoms with E-state index in [0.717, 1.165) is 5.56 Å². The van der Waals surface area contributed by atoms with Crippen LogP contribution in [0.1, 0.15) is 37.4 Å².